The molecule has 0 aliphatic heterocycles. The van der Waals surface area contributed by atoms with Crippen LogP contribution in [0.2, 0.25) is 5.02 Å². The summed E-state index contributed by atoms with van der Waals surface area (Å²) in [5.41, 5.74) is -0.714. The number of nitrogens with zero attached hydrogens (tertiary/aromatic N) is 3. The zero-order valence-corrected chi connectivity index (χ0v) is 18.8. The monoisotopic (exact) mass is 484 g/mol. The van der Waals surface area contributed by atoms with E-state index in [4.69, 9.17) is 25.8 Å². The van der Waals surface area contributed by atoms with Gasteiger partial charge in [0, 0.05) is 12.2 Å². The molecule has 0 saturated heterocycles. The Kier molecular flexibility index (Phi) is 7.01. The Morgan fingerprint density at radius 3 is 2.18 bits per heavy atom. The summed E-state index contributed by atoms with van der Waals surface area (Å²) >= 11 is 6.24. The molecule has 2 aromatic heterocycles. The van der Waals surface area contributed by atoms with Gasteiger partial charge in [0.15, 0.2) is 17.3 Å². The van der Waals surface area contributed by atoms with Crippen molar-refractivity contribution in [3.05, 3.63) is 63.2 Å². The summed E-state index contributed by atoms with van der Waals surface area (Å²) in [4.78, 5) is 16.4. The van der Waals surface area contributed by atoms with Gasteiger partial charge in [0.1, 0.15) is 5.02 Å². The van der Waals surface area contributed by atoms with Gasteiger partial charge in [-0.15, -0.1) is 0 Å². The van der Waals surface area contributed by atoms with Crippen molar-refractivity contribution in [1.82, 2.24) is 14.8 Å². The second-order valence-corrected chi connectivity index (χ2v) is 7.19. The van der Waals surface area contributed by atoms with Gasteiger partial charge in [0.25, 0.3) is 5.56 Å². The second kappa shape index (κ2) is 9.57. The minimum Gasteiger partial charge on any atom is -0.493 e. The average molecular weight is 485 g/mol. The van der Waals surface area contributed by atoms with Crippen LogP contribution in [-0.4, -0.2) is 36.1 Å². The molecular formula is C21H20ClF3N4O4. The zero-order valence-electron chi connectivity index (χ0n) is 18.0. The number of rotatable bonds is 7. The van der Waals surface area contributed by atoms with Crippen LogP contribution in [0.1, 0.15) is 24.1 Å². The lowest BCUT2D eigenvalue weighted by Gasteiger charge is -2.20. The third kappa shape index (κ3) is 4.98. The molecule has 1 unspecified atom stereocenters. The van der Waals surface area contributed by atoms with Crippen LogP contribution >= 0.6 is 11.6 Å². The topological polar surface area (TPSA) is 87.5 Å². The minimum atomic E-state index is -4.54. The molecule has 1 atom stereocenters. The standard InChI is InChI=1S/C21H20ClF3N4O4/c1-11(12-7-15(31-2)19(33-4)16(8-12)32-3)28-14-10-27-29(20(30)18(14)22)17-6-5-13(9-26-17)21(23,24)25/h5-11,28H,1-4H3. The average Bonchev–Trinajstić information content (AvgIpc) is 2.80. The van der Waals surface area contributed by atoms with Gasteiger partial charge in [-0.3, -0.25) is 4.79 Å². The van der Waals surface area contributed by atoms with Crippen molar-refractivity contribution in [3.8, 4) is 23.1 Å². The highest BCUT2D eigenvalue weighted by Gasteiger charge is 2.30. The predicted octanol–water partition coefficient (Wildman–Crippen LogP) is 4.50. The Labute approximate surface area is 191 Å². The van der Waals surface area contributed by atoms with Gasteiger partial charge in [-0.1, -0.05) is 11.6 Å². The molecule has 0 radical (unpaired) electrons. The summed E-state index contributed by atoms with van der Waals surface area (Å²) in [6, 6.07) is 4.97. The van der Waals surface area contributed by atoms with E-state index >= 15 is 0 Å². The molecule has 8 nitrogen and oxygen atoms in total. The largest absolute Gasteiger partial charge is 0.493 e. The van der Waals surface area contributed by atoms with Gasteiger partial charge in [-0.05, 0) is 36.8 Å². The van der Waals surface area contributed by atoms with E-state index in [1.165, 1.54) is 27.5 Å². The molecule has 0 aliphatic rings. The second-order valence-electron chi connectivity index (χ2n) is 6.82. The molecule has 0 aliphatic carbocycles. The molecule has 1 N–H and O–H groups in total. The molecule has 0 spiro atoms. The van der Waals surface area contributed by atoms with E-state index in [1.807, 2.05) is 6.92 Å². The zero-order chi connectivity index (χ0) is 24.3. The number of halogens is 4. The molecule has 3 aromatic rings. The number of pyridine rings is 1. The number of hydrogen-bond donors (Lipinski definition) is 1. The summed E-state index contributed by atoms with van der Waals surface area (Å²) in [6.07, 6.45) is -2.63. The Morgan fingerprint density at radius 2 is 1.70 bits per heavy atom. The van der Waals surface area contributed by atoms with Crippen molar-refractivity contribution in [2.45, 2.75) is 19.1 Å². The van der Waals surface area contributed by atoms with Gasteiger partial charge < -0.3 is 19.5 Å². The van der Waals surface area contributed by atoms with Gasteiger partial charge >= 0.3 is 6.18 Å². The van der Waals surface area contributed by atoms with Crippen LogP contribution in [0.4, 0.5) is 18.9 Å². The summed E-state index contributed by atoms with van der Waals surface area (Å²) in [6.45, 7) is 1.82. The van der Waals surface area contributed by atoms with E-state index in [1.54, 1.807) is 12.1 Å². The normalized spacial score (nSPS) is 12.2. The van der Waals surface area contributed by atoms with Gasteiger partial charge in [0.2, 0.25) is 5.75 Å². The molecule has 3 rings (SSSR count). The third-order valence-corrected chi connectivity index (χ3v) is 5.14. The lowest BCUT2D eigenvalue weighted by atomic mass is 10.1. The van der Waals surface area contributed by atoms with Crippen LogP contribution in [0.15, 0.2) is 41.5 Å². The Hall–Kier alpha value is -3.47. The van der Waals surface area contributed by atoms with Crippen LogP contribution in [0.3, 0.4) is 0 Å². The quantitative estimate of drug-likeness (QED) is 0.528. The number of nitrogens with one attached hydrogen (secondary N) is 1. The first-order chi connectivity index (χ1) is 15.6. The Balaban J connectivity index is 1.90. The number of methoxy groups -OCH3 is 3. The molecule has 0 bridgehead atoms. The molecule has 2 heterocycles. The Morgan fingerprint density at radius 1 is 1.06 bits per heavy atom. The predicted molar refractivity (Wildman–Crippen MR) is 116 cm³/mol. The van der Waals surface area contributed by atoms with E-state index < -0.39 is 17.3 Å². The summed E-state index contributed by atoms with van der Waals surface area (Å²) < 4.78 is 55.1. The van der Waals surface area contributed by atoms with E-state index in [9.17, 15) is 18.0 Å². The highest BCUT2D eigenvalue weighted by molar-refractivity contribution is 6.33. The number of anilines is 1. The molecule has 1 aromatic carbocycles. The number of alkyl halides is 3. The highest BCUT2D eigenvalue weighted by Crippen LogP contribution is 2.40. The maximum Gasteiger partial charge on any atom is 0.417 e. The number of aromatic nitrogens is 3. The lowest BCUT2D eigenvalue weighted by Crippen LogP contribution is -2.24. The van der Waals surface area contributed by atoms with Crippen molar-refractivity contribution < 1.29 is 27.4 Å². The molecule has 0 saturated carbocycles. The fourth-order valence-corrected chi connectivity index (χ4v) is 3.23. The van der Waals surface area contributed by atoms with Crippen LogP contribution in [0.25, 0.3) is 5.82 Å². The van der Waals surface area contributed by atoms with E-state index in [0.29, 0.717) is 23.4 Å². The molecule has 0 fully saturated rings. The van der Waals surface area contributed by atoms with E-state index in [0.717, 1.165) is 22.4 Å². The van der Waals surface area contributed by atoms with Crippen molar-refractivity contribution in [1.29, 1.82) is 0 Å². The first-order valence-corrected chi connectivity index (χ1v) is 9.86. The van der Waals surface area contributed by atoms with Crippen molar-refractivity contribution in [2.75, 3.05) is 26.6 Å². The minimum absolute atomic E-state index is 0.0980. The first-order valence-electron chi connectivity index (χ1n) is 9.48. The highest BCUT2D eigenvalue weighted by atomic mass is 35.5. The van der Waals surface area contributed by atoms with Crippen molar-refractivity contribution in [3.63, 3.8) is 0 Å². The fraction of sp³-hybridized carbons (Fsp3) is 0.286. The summed E-state index contributed by atoms with van der Waals surface area (Å²) in [5.74, 6) is 1.24. The van der Waals surface area contributed by atoms with Crippen LogP contribution in [0.5, 0.6) is 17.2 Å². The van der Waals surface area contributed by atoms with Gasteiger partial charge in [-0.2, -0.15) is 23.0 Å². The van der Waals surface area contributed by atoms with E-state index in [2.05, 4.69) is 15.4 Å². The van der Waals surface area contributed by atoms with Gasteiger partial charge in [-0.25, -0.2) is 4.98 Å². The molecule has 12 heteroatoms. The summed E-state index contributed by atoms with van der Waals surface area (Å²) in [5, 5.41) is 6.87. The Bertz CT molecular complexity index is 1170. The van der Waals surface area contributed by atoms with Crippen molar-refractivity contribution >= 4 is 17.3 Å². The number of ether oxygens (including phenoxy) is 3. The fourth-order valence-electron chi connectivity index (χ4n) is 3.04. The van der Waals surface area contributed by atoms with Crippen molar-refractivity contribution in [2.24, 2.45) is 0 Å². The SMILES string of the molecule is COc1cc(C(C)Nc2cnn(-c3ccc(C(F)(F)F)cn3)c(=O)c2Cl)cc(OC)c1OC. The smallest absolute Gasteiger partial charge is 0.417 e. The summed E-state index contributed by atoms with van der Waals surface area (Å²) in [7, 11) is 4.48. The number of benzene rings is 1. The van der Waals surface area contributed by atoms with E-state index in [-0.39, 0.29) is 22.6 Å². The van der Waals surface area contributed by atoms with Crippen LogP contribution in [-0.2, 0) is 6.18 Å². The van der Waals surface area contributed by atoms with Crippen LogP contribution in [0, 0.1) is 0 Å². The maximum absolute atomic E-state index is 12.7. The molecule has 176 valence electrons. The lowest BCUT2D eigenvalue weighted by molar-refractivity contribution is -0.137. The third-order valence-electron chi connectivity index (χ3n) is 4.77. The van der Waals surface area contributed by atoms with Crippen LogP contribution < -0.4 is 25.1 Å². The first kappa shape index (κ1) is 24.2. The van der Waals surface area contributed by atoms with Gasteiger partial charge in [0.05, 0.1) is 38.8 Å². The molecule has 0 amide bonds. The number of hydrogen-bond acceptors (Lipinski definition) is 7. The molecular weight excluding hydrogens is 465 g/mol. The maximum atomic E-state index is 12.7. The molecule has 33 heavy (non-hydrogen) atoms.